The average Bonchev–Trinajstić information content (AvgIpc) is 2.80. The van der Waals surface area contributed by atoms with Gasteiger partial charge in [0, 0.05) is 30.8 Å². The highest BCUT2D eigenvalue weighted by Gasteiger charge is 2.23. The van der Waals surface area contributed by atoms with Gasteiger partial charge in [-0.3, -0.25) is 4.79 Å². The van der Waals surface area contributed by atoms with E-state index in [1.165, 1.54) is 24.3 Å². The lowest BCUT2D eigenvalue weighted by Gasteiger charge is -2.30. The first-order chi connectivity index (χ1) is 15.8. The summed E-state index contributed by atoms with van der Waals surface area (Å²) in [5, 5.41) is 16.3. The summed E-state index contributed by atoms with van der Waals surface area (Å²) in [7, 11) is 0. The third-order valence-electron chi connectivity index (χ3n) is 5.33. The number of hydrogen-bond acceptors (Lipinski definition) is 5. The number of ether oxygens (including phenoxy) is 2. The molecule has 0 bridgehead atoms. The smallest absolute Gasteiger partial charge is 0.258 e. The zero-order chi connectivity index (χ0) is 23.8. The van der Waals surface area contributed by atoms with Gasteiger partial charge in [0.05, 0.1) is 10.0 Å². The minimum Gasteiger partial charge on any atom is -0.491 e. The summed E-state index contributed by atoms with van der Waals surface area (Å²) in [6.45, 7) is 0.156. The van der Waals surface area contributed by atoms with Crippen LogP contribution < -0.4 is 20.1 Å². The van der Waals surface area contributed by atoms with E-state index in [0.717, 1.165) is 31.7 Å². The van der Waals surface area contributed by atoms with Gasteiger partial charge in [0.25, 0.3) is 5.91 Å². The van der Waals surface area contributed by atoms with E-state index in [0.29, 0.717) is 12.3 Å². The van der Waals surface area contributed by atoms with Crippen molar-refractivity contribution in [2.45, 2.75) is 43.9 Å². The fourth-order valence-electron chi connectivity index (χ4n) is 3.55. The van der Waals surface area contributed by atoms with E-state index in [1.54, 1.807) is 6.07 Å². The second kappa shape index (κ2) is 12.4. The van der Waals surface area contributed by atoms with E-state index >= 15 is 0 Å². The van der Waals surface area contributed by atoms with Gasteiger partial charge in [-0.15, -0.1) is 0 Å². The largest absolute Gasteiger partial charge is 0.491 e. The van der Waals surface area contributed by atoms with Crippen LogP contribution in [0.1, 0.15) is 25.7 Å². The van der Waals surface area contributed by atoms with Crippen LogP contribution in [0.4, 0.5) is 8.78 Å². The predicted octanol–water partition coefficient (Wildman–Crippen LogP) is 4.11. The molecule has 1 aliphatic rings. The molecule has 180 valence electrons. The van der Waals surface area contributed by atoms with E-state index in [2.05, 4.69) is 10.6 Å². The van der Waals surface area contributed by atoms with Crippen molar-refractivity contribution in [3.05, 3.63) is 58.1 Å². The molecule has 1 amide bonds. The van der Waals surface area contributed by atoms with Crippen molar-refractivity contribution in [2.75, 3.05) is 19.8 Å². The number of hydrogen-bond donors (Lipinski definition) is 3. The van der Waals surface area contributed by atoms with Gasteiger partial charge in [-0.25, -0.2) is 8.78 Å². The lowest BCUT2D eigenvalue weighted by atomic mass is 9.91. The molecule has 2 aromatic rings. The maximum Gasteiger partial charge on any atom is 0.258 e. The quantitative estimate of drug-likeness (QED) is 0.455. The molecule has 1 fully saturated rings. The van der Waals surface area contributed by atoms with E-state index in [4.69, 9.17) is 32.7 Å². The van der Waals surface area contributed by atoms with Gasteiger partial charge in [-0.05, 0) is 49.9 Å². The van der Waals surface area contributed by atoms with Crippen LogP contribution in [0, 0.1) is 11.6 Å². The van der Waals surface area contributed by atoms with Crippen molar-refractivity contribution < 1.29 is 28.2 Å². The molecule has 1 unspecified atom stereocenters. The molecule has 3 N–H and O–H groups in total. The molecule has 1 aliphatic carbocycles. The third-order valence-corrected chi connectivity index (χ3v) is 5.94. The summed E-state index contributed by atoms with van der Waals surface area (Å²) < 4.78 is 37.5. The molecule has 6 nitrogen and oxygen atoms in total. The molecule has 0 heterocycles. The molecule has 1 atom stereocenters. The van der Waals surface area contributed by atoms with Crippen LogP contribution in [0.25, 0.3) is 0 Å². The van der Waals surface area contributed by atoms with Gasteiger partial charge in [0.1, 0.15) is 35.8 Å². The third kappa shape index (κ3) is 8.30. The second-order valence-corrected chi connectivity index (χ2v) is 8.74. The molecule has 0 spiro atoms. The number of carbonyl (C=O) groups excluding carboxylic acids is 1. The maximum absolute atomic E-state index is 13.4. The van der Waals surface area contributed by atoms with Crippen LogP contribution in [0.5, 0.6) is 11.5 Å². The first-order valence-corrected chi connectivity index (χ1v) is 11.4. The minimum absolute atomic E-state index is 0.00541. The molecular formula is C23H26Cl2F2N2O4. The number of aliphatic hydroxyl groups is 1. The predicted molar refractivity (Wildman–Crippen MR) is 122 cm³/mol. The summed E-state index contributed by atoms with van der Waals surface area (Å²) in [6.07, 6.45) is 2.50. The first kappa shape index (κ1) is 25.5. The lowest BCUT2D eigenvalue weighted by molar-refractivity contribution is -0.124. The Labute approximate surface area is 201 Å². The molecule has 0 saturated heterocycles. The van der Waals surface area contributed by atoms with Gasteiger partial charge in [-0.1, -0.05) is 23.2 Å². The molecule has 0 aliphatic heterocycles. The lowest BCUT2D eigenvalue weighted by Crippen LogP contribution is -2.45. The minimum atomic E-state index is -0.754. The number of amides is 1. The monoisotopic (exact) mass is 502 g/mol. The van der Waals surface area contributed by atoms with Crippen LogP contribution in [0.15, 0.2) is 36.4 Å². The zero-order valence-electron chi connectivity index (χ0n) is 17.8. The molecule has 3 rings (SSSR count). The Balaban J connectivity index is 1.29. The molecule has 10 heteroatoms. The van der Waals surface area contributed by atoms with Crippen molar-refractivity contribution >= 4 is 29.1 Å². The Morgan fingerprint density at radius 1 is 0.970 bits per heavy atom. The molecule has 1 saturated carbocycles. The molecule has 2 aromatic carbocycles. The zero-order valence-corrected chi connectivity index (χ0v) is 19.3. The highest BCUT2D eigenvalue weighted by molar-refractivity contribution is 6.31. The molecule has 0 aromatic heterocycles. The maximum atomic E-state index is 13.4. The fourth-order valence-corrected chi connectivity index (χ4v) is 3.78. The Hall–Kier alpha value is -2.13. The number of halogens is 4. The normalized spacial score (nSPS) is 19.1. The van der Waals surface area contributed by atoms with Crippen molar-refractivity contribution in [2.24, 2.45) is 0 Å². The van der Waals surface area contributed by atoms with Crippen LogP contribution in [0.2, 0.25) is 10.0 Å². The van der Waals surface area contributed by atoms with Crippen molar-refractivity contribution in [1.29, 1.82) is 0 Å². The summed E-state index contributed by atoms with van der Waals surface area (Å²) in [4.78, 5) is 12.1. The van der Waals surface area contributed by atoms with E-state index in [-0.39, 0.29) is 47.0 Å². The van der Waals surface area contributed by atoms with E-state index in [1.807, 2.05) is 0 Å². The first-order valence-electron chi connectivity index (χ1n) is 10.7. The van der Waals surface area contributed by atoms with Crippen molar-refractivity contribution in [1.82, 2.24) is 10.6 Å². The standard InChI is InChI=1S/C23H26Cl2F2N2O4/c24-19-7-5-17(9-21(19)26)32-12-16(30)11-28-14-1-3-15(4-2-14)29-23(31)13-33-18-6-8-20(25)22(27)10-18/h5-10,14-16,28,30H,1-4,11-13H2,(H,29,31). The van der Waals surface area contributed by atoms with Gasteiger partial charge in [0.15, 0.2) is 6.61 Å². The number of nitrogens with one attached hydrogen (secondary N) is 2. The van der Waals surface area contributed by atoms with Crippen molar-refractivity contribution in [3.8, 4) is 11.5 Å². The van der Waals surface area contributed by atoms with E-state index in [9.17, 15) is 18.7 Å². The topological polar surface area (TPSA) is 79.8 Å². The fraction of sp³-hybridized carbons (Fsp3) is 0.435. The number of rotatable bonds is 10. The molecular weight excluding hydrogens is 477 g/mol. The van der Waals surface area contributed by atoms with Gasteiger partial charge < -0.3 is 25.2 Å². The second-order valence-electron chi connectivity index (χ2n) is 7.93. The van der Waals surface area contributed by atoms with Gasteiger partial charge in [0.2, 0.25) is 0 Å². The number of aliphatic hydroxyl groups excluding tert-OH is 1. The van der Waals surface area contributed by atoms with Crippen LogP contribution in [-0.2, 0) is 4.79 Å². The van der Waals surface area contributed by atoms with Crippen molar-refractivity contribution in [3.63, 3.8) is 0 Å². The summed E-state index contributed by atoms with van der Waals surface area (Å²) in [5.41, 5.74) is 0. The summed E-state index contributed by atoms with van der Waals surface area (Å²) >= 11 is 11.3. The summed E-state index contributed by atoms with van der Waals surface area (Å²) in [6, 6.07) is 8.39. The highest BCUT2D eigenvalue weighted by Crippen LogP contribution is 2.22. The van der Waals surface area contributed by atoms with Crippen LogP contribution in [-0.4, -0.2) is 49.0 Å². The Bertz CT molecular complexity index is 943. The average molecular weight is 503 g/mol. The number of benzene rings is 2. The number of carbonyl (C=O) groups is 1. The Morgan fingerprint density at radius 2 is 1.52 bits per heavy atom. The van der Waals surface area contributed by atoms with Gasteiger partial charge >= 0.3 is 0 Å². The highest BCUT2D eigenvalue weighted by atomic mass is 35.5. The molecule has 33 heavy (non-hydrogen) atoms. The summed E-state index contributed by atoms with van der Waals surface area (Å²) in [5.74, 6) is -0.902. The SMILES string of the molecule is O=C(COc1ccc(Cl)c(F)c1)NC1CCC(NCC(O)COc2ccc(Cl)c(F)c2)CC1. The van der Waals surface area contributed by atoms with Gasteiger partial charge in [-0.2, -0.15) is 0 Å². The van der Waals surface area contributed by atoms with Crippen LogP contribution in [0.3, 0.4) is 0 Å². The Morgan fingerprint density at radius 3 is 2.09 bits per heavy atom. The van der Waals surface area contributed by atoms with Crippen LogP contribution >= 0.6 is 23.2 Å². The molecule has 0 radical (unpaired) electrons. The Kier molecular flexibility index (Phi) is 9.55. The van der Waals surface area contributed by atoms with E-state index < -0.39 is 17.7 Å².